The quantitative estimate of drug-likeness (QED) is 0.448. The molecule has 0 saturated heterocycles. The molecule has 1 unspecified atom stereocenters. The molecular formula is C26H32S2. The summed E-state index contributed by atoms with van der Waals surface area (Å²) in [6, 6.07) is 8.87. The van der Waals surface area contributed by atoms with Crippen molar-refractivity contribution in [3.63, 3.8) is 0 Å². The molecule has 1 heterocycles. The van der Waals surface area contributed by atoms with E-state index in [4.69, 9.17) is 0 Å². The van der Waals surface area contributed by atoms with Gasteiger partial charge in [-0.25, -0.2) is 0 Å². The van der Waals surface area contributed by atoms with Crippen molar-refractivity contribution in [2.24, 2.45) is 0 Å². The Hall–Kier alpha value is -1.64. The van der Waals surface area contributed by atoms with Crippen LogP contribution in [0.4, 0.5) is 0 Å². The van der Waals surface area contributed by atoms with Crippen molar-refractivity contribution < 1.29 is 0 Å². The van der Waals surface area contributed by atoms with E-state index in [2.05, 4.69) is 101 Å². The van der Waals surface area contributed by atoms with Crippen LogP contribution in [0, 0.1) is 6.92 Å². The van der Waals surface area contributed by atoms with E-state index in [9.17, 15) is 0 Å². The highest BCUT2D eigenvalue weighted by Gasteiger charge is 2.20. The summed E-state index contributed by atoms with van der Waals surface area (Å²) in [5.41, 5.74) is 9.14. The van der Waals surface area contributed by atoms with Gasteiger partial charge < -0.3 is 0 Å². The van der Waals surface area contributed by atoms with Crippen LogP contribution >= 0.6 is 23.5 Å². The highest BCUT2D eigenvalue weighted by Crippen LogP contribution is 2.41. The lowest BCUT2D eigenvalue weighted by atomic mass is 9.92. The predicted octanol–water partition coefficient (Wildman–Crippen LogP) is 8.50. The molecule has 148 valence electrons. The Labute approximate surface area is 180 Å². The fourth-order valence-electron chi connectivity index (χ4n) is 3.62. The molecule has 0 radical (unpaired) electrons. The molecule has 2 rings (SSSR count). The maximum absolute atomic E-state index is 4.12. The summed E-state index contributed by atoms with van der Waals surface area (Å²) >= 11 is 3.75. The zero-order valence-electron chi connectivity index (χ0n) is 18.0. The molecule has 0 N–H and O–H groups in total. The molecule has 0 spiro atoms. The Morgan fingerprint density at radius 2 is 2.04 bits per heavy atom. The van der Waals surface area contributed by atoms with Gasteiger partial charge in [-0.2, -0.15) is 0 Å². The van der Waals surface area contributed by atoms with Crippen molar-refractivity contribution in [3.8, 4) is 0 Å². The Bertz CT molecular complexity index is 875. The van der Waals surface area contributed by atoms with Gasteiger partial charge in [-0.3, -0.25) is 0 Å². The molecule has 28 heavy (non-hydrogen) atoms. The third kappa shape index (κ3) is 5.68. The van der Waals surface area contributed by atoms with Crippen molar-refractivity contribution in [1.82, 2.24) is 0 Å². The lowest BCUT2D eigenvalue weighted by Gasteiger charge is -2.22. The summed E-state index contributed by atoms with van der Waals surface area (Å²) in [5.74, 6) is 0. The van der Waals surface area contributed by atoms with E-state index in [1.54, 1.807) is 0 Å². The van der Waals surface area contributed by atoms with Crippen molar-refractivity contribution in [1.29, 1.82) is 0 Å². The second-order valence-electron chi connectivity index (χ2n) is 7.22. The van der Waals surface area contributed by atoms with Crippen LogP contribution in [-0.4, -0.2) is 11.5 Å². The van der Waals surface area contributed by atoms with Crippen LogP contribution in [0.1, 0.15) is 45.2 Å². The lowest BCUT2D eigenvalue weighted by Crippen LogP contribution is -2.07. The van der Waals surface area contributed by atoms with Crippen molar-refractivity contribution >= 4 is 29.1 Å². The van der Waals surface area contributed by atoms with E-state index in [1.165, 1.54) is 38.3 Å². The van der Waals surface area contributed by atoms with Gasteiger partial charge in [0.1, 0.15) is 0 Å². The van der Waals surface area contributed by atoms with Crippen molar-refractivity contribution in [3.05, 3.63) is 98.9 Å². The Morgan fingerprint density at radius 3 is 2.64 bits per heavy atom. The second-order valence-corrected chi connectivity index (χ2v) is 9.29. The molecule has 0 nitrogen and oxygen atoms in total. The molecule has 0 fully saturated rings. The Morgan fingerprint density at radius 1 is 1.29 bits per heavy atom. The van der Waals surface area contributed by atoms with Crippen LogP contribution in [0.3, 0.4) is 0 Å². The van der Waals surface area contributed by atoms with Crippen LogP contribution in [0.25, 0.3) is 5.57 Å². The van der Waals surface area contributed by atoms with E-state index < -0.39 is 0 Å². The maximum Gasteiger partial charge on any atom is 0.0319 e. The fraction of sp³-hybridized carbons (Fsp3) is 0.308. The normalized spacial score (nSPS) is 19.1. The van der Waals surface area contributed by atoms with Gasteiger partial charge in [0, 0.05) is 10.2 Å². The minimum Gasteiger partial charge on any atom is -0.129 e. The number of allylic oxidation sites excluding steroid dienone is 8. The number of benzene rings is 1. The number of hydrogen-bond acceptors (Lipinski definition) is 2. The van der Waals surface area contributed by atoms with E-state index in [0.29, 0.717) is 5.25 Å². The molecule has 1 aliphatic rings. The minimum absolute atomic E-state index is 0.372. The summed E-state index contributed by atoms with van der Waals surface area (Å²) in [6.45, 7) is 15.0. The monoisotopic (exact) mass is 408 g/mol. The topological polar surface area (TPSA) is 0 Å². The zero-order chi connectivity index (χ0) is 20.7. The zero-order valence-corrected chi connectivity index (χ0v) is 19.6. The van der Waals surface area contributed by atoms with E-state index in [0.717, 1.165) is 12.0 Å². The second kappa shape index (κ2) is 10.8. The Balaban J connectivity index is 2.82. The minimum atomic E-state index is 0.372. The first kappa shape index (κ1) is 22.6. The summed E-state index contributed by atoms with van der Waals surface area (Å²) in [4.78, 5) is 1.39. The number of thioether (sulfide) groups is 2. The standard InChI is InChI=1S/C26H32S2/c1-8-11-23(16-18(2)3)25-20(5)26(27-7)24(14-10-15-28-21(25)6)22-13-9-12-19(4)17-22/h8-13,15-17,21H,2,14H2,1,3-7H3. The van der Waals surface area contributed by atoms with Crippen molar-refractivity contribution in [2.45, 2.75) is 46.3 Å². The number of hydrogen-bond donors (Lipinski definition) is 0. The first-order valence-corrected chi connectivity index (χ1v) is 11.9. The van der Waals surface area contributed by atoms with Crippen LogP contribution in [0.2, 0.25) is 0 Å². The molecule has 1 atom stereocenters. The van der Waals surface area contributed by atoms with Gasteiger partial charge in [-0.15, -0.1) is 23.5 Å². The van der Waals surface area contributed by atoms with E-state index in [-0.39, 0.29) is 0 Å². The molecule has 0 aromatic heterocycles. The van der Waals surface area contributed by atoms with E-state index >= 15 is 0 Å². The van der Waals surface area contributed by atoms with Gasteiger partial charge in [0.05, 0.1) is 0 Å². The van der Waals surface area contributed by atoms with Crippen LogP contribution < -0.4 is 0 Å². The SMILES string of the molecule is C=C(C)C=C(C=CC)C1=C(C)C(SC)=C(c2cccc(C)c2)CC=CSC1C. The highest BCUT2D eigenvalue weighted by molar-refractivity contribution is 8.03. The summed E-state index contributed by atoms with van der Waals surface area (Å²) < 4.78 is 0. The average molecular weight is 409 g/mol. The molecule has 1 aromatic rings. The summed E-state index contributed by atoms with van der Waals surface area (Å²) in [6.07, 6.45) is 12.0. The van der Waals surface area contributed by atoms with Gasteiger partial charge >= 0.3 is 0 Å². The van der Waals surface area contributed by atoms with Gasteiger partial charge in [-0.05, 0) is 80.6 Å². The molecule has 1 aromatic carbocycles. The molecule has 0 bridgehead atoms. The summed E-state index contributed by atoms with van der Waals surface area (Å²) in [7, 11) is 0. The van der Waals surface area contributed by atoms with Crippen LogP contribution in [0.5, 0.6) is 0 Å². The van der Waals surface area contributed by atoms with Crippen LogP contribution in [0.15, 0.2) is 87.8 Å². The summed E-state index contributed by atoms with van der Waals surface area (Å²) in [5, 5.41) is 2.64. The van der Waals surface area contributed by atoms with Gasteiger partial charge in [0.25, 0.3) is 0 Å². The lowest BCUT2D eigenvalue weighted by molar-refractivity contribution is 1.11. The van der Waals surface area contributed by atoms with Crippen molar-refractivity contribution in [2.75, 3.05) is 6.26 Å². The first-order valence-electron chi connectivity index (χ1n) is 9.75. The molecular weight excluding hydrogens is 376 g/mol. The van der Waals surface area contributed by atoms with E-state index in [1.807, 2.05) is 23.5 Å². The largest absolute Gasteiger partial charge is 0.129 e. The van der Waals surface area contributed by atoms with Crippen LogP contribution in [-0.2, 0) is 0 Å². The predicted molar refractivity (Wildman–Crippen MR) is 133 cm³/mol. The van der Waals surface area contributed by atoms with Gasteiger partial charge in [0.2, 0.25) is 0 Å². The third-order valence-corrected chi connectivity index (χ3v) is 6.71. The number of rotatable bonds is 5. The third-order valence-electron chi connectivity index (χ3n) is 4.76. The van der Waals surface area contributed by atoms with Gasteiger partial charge in [-0.1, -0.05) is 66.3 Å². The number of aryl methyl sites for hydroxylation is 1. The molecule has 0 saturated carbocycles. The average Bonchev–Trinajstić information content (AvgIpc) is 2.69. The fourth-order valence-corrected chi connectivity index (χ4v) is 5.38. The smallest absolute Gasteiger partial charge is 0.0319 e. The van der Waals surface area contributed by atoms with Gasteiger partial charge in [0.15, 0.2) is 0 Å². The molecule has 0 amide bonds. The highest BCUT2D eigenvalue weighted by atomic mass is 32.2. The maximum atomic E-state index is 4.12. The molecule has 0 aliphatic carbocycles. The molecule has 2 heteroatoms. The molecule has 1 aliphatic heterocycles. The first-order chi connectivity index (χ1) is 13.4. The Kier molecular flexibility index (Phi) is 8.72.